The number of carbonyl (C=O) groups is 3. The second kappa shape index (κ2) is 9.78. The number of amides is 2. The zero-order valence-corrected chi connectivity index (χ0v) is 18.9. The minimum atomic E-state index is -1.22. The van der Waals surface area contributed by atoms with Crippen molar-refractivity contribution < 1.29 is 24.2 Å². The van der Waals surface area contributed by atoms with E-state index in [9.17, 15) is 19.5 Å². The average molecular weight is 463 g/mol. The van der Waals surface area contributed by atoms with Gasteiger partial charge in [0, 0.05) is 37.2 Å². The Morgan fingerprint density at radius 1 is 1.06 bits per heavy atom. The fourth-order valence-electron chi connectivity index (χ4n) is 4.27. The van der Waals surface area contributed by atoms with Gasteiger partial charge in [-0.25, -0.2) is 9.59 Å². The fourth-order valence-corrected chi connectivity index (χ4v) is 4.27. The standard InChI is InChI=1S/C25H26N4O5/c1-15(11-22(30)28-23(24(31)32)16-12-26-29(2)13-16)27-25(33)34-14-21-19-9-5-3-7-17(19)18-8-4-6-10-20(18)21/h3-10,12-13,15,21,23H,11,14H2,1-2H3,(H,27,33)(H,28,30)(H,31,32)/t15-,23?/m1/s1. The molecular weight excluding hydrogens is 436 g/mol. The normalized spacial score (nSPS) is 13.9. The third kappa shape index (κ3) is 4.93. The molecule has 176 valence electrons. The highest BCUT2D eigenvalue weighted by molar-refractivity contribution is 5.85. The number of carbonyl (C=O) groups excluding carboxylic acids is 2. The molecule has 1 unspecified atom stereocenters. The van der Waals surface area contributed by atoms with E-state index in [1.54, 1.807) is 14.0 Å². The maximum Gasteiger partial charge on any atom is 0.407 e. The molecule has 9 heteroatoms. The molecule has 2 amide bonds. The summed E-state index contributed by atoms with van der Waals surface area (Å²) in [5.74, 6) is -1.77. The number of alkyl carbamates (subject to hydrolysis) is 1. The van der Waals surface area contributed by atoms with Crippen LogP contribution in [-0.4, -0.2) is 45.5 Å². The van der Waals surface area contributed by atoms with Crippen LogP contribution in [0, 0.1) is 0 Å². The predicted octanol–water partition coefficient (Wildman–Crippen LogP) is 2.98. The van der Waals surface area contributed by atoms with E-state index < -0.39 is 30.1 Å². The van der Waals surface area contributed by atoms with Gasteiger partial charge in [0.1, 0.15) is 6.61 Å². The molecule has 1 aromatic heterocycles. The molecule has 3 aromatic rings. The molecule has 34 heavy (non-hydrogen) atoms. The lowest BCUT2D eigenvalue weighted by Crippen LogP contribution is -2.40. The number of ether oxygens (including phenoxy) is 1. The van der Waals surface area contributed by atoms with Gasteiger partial charge in [0.25, 0.3) is 0 Å². The van der Waals surface area contributed by atoms with Crippen LogP contribution in [-0.2, 0) is 21.4 Å². The molecule has 0 aliphatic heterocycles. The van der Waals surface area contributed by atoms with Gasteiger partial charge < -0.3 is 20.5 Å². The molecule has 0 fully saturated rings. The van der Waals surface area contributed by atoms with Gasteiger partial charge in [-0.1, -0.05) is 48.5 Å². The lowest BCUT2D eigenvalue weighted by Gasteiger charge is -2.18. The van der Waals surface area contributed by atoms with Crippen LogP contribution in [0.25, 0.3) is 11.1 Å². The molecule has 0 radical (unpaired) electrons. The number of carboxylic acid groups (broad SMARTS) is 1. The highest BCUT2D eigenvalue weighted by atomic mass is 16.5. The van der Waals surface area contributed by atoms with E-state index >= 15 is 0 Å². The van der Waals surface area contributed by atoms with Crippen LogP contribution in [0.5, 0.6) is 0 Å². The number of aliphatic carboxylic acids is 1. The molecule has 1 heterocycles. The first-order valence-electron chi connectivity index (χ1n) is 11.0. The van der Waals surface area contributed by atoms with Crippen molar-refractivity contribution in [2.75, 3.05) is 6.61 Å². The van der Waals surface area contributed by atoms with E-state index in [-0.39, 0.29) is 18.9 Å². The molecule has 1 aliphatic carbocycles. The van der Waals surface area contributed by atoms with Crippen LogP contribution in [0.15, 0.2) is 60.9 Å². The number of hydrogen-bond acceptors (Lipinski definition) is 5. The second-order valence-corrected chi connectivity index (χ2v) is 8.36. The molecule has 0 bridgehead atoms. The minimum absolute atomic E-state index is 0.0624. The molecule has 2 aromatic carbocycles. The summed E-state index contributed by atoms with van der Waals surface area (Å²) < 4.78 is 6.95. The van der Waals surface area contributed by atoms with Gasteiger partial charge in [0.15, 0.2) is 6.04 Å². The number of nitrogens with one attached hydrogen (secondary N) is 2. The van der Waals surface area contributed by atoms with Crippen molar-refractivity contribution in [3.05, 3.63) is 77.6 Å². The summed E-state index contributed by atoms with van der Waals surface area (Å²) in [4.78, 5) is 36.3. The average Bonchev–Trinajstić information content (AvgIpc) is 3.37. The summed E-state index contributed by atoms with van der Waals surface area (Å²) in [6, 6.07) is 14.3. The Kier molecular flexibility index (Phi) is 6.62. The summed E-state index contributed by atoms with van der Waals surface area (Å²) >= 11 is 0. The van der Waals surface area contributed by atoms with E-state index in [4.69, 9.17) is 4.74 Å². The number of aromatic nitrogens is 2. The van der Waals surface area contributed by atoms with Crippen molar-refractivity contribution in [2.24, 2.45) is 7.05 Å². The lowest BCUT2D eigenvalue weighted by atomic mass is 9.98. The number of carboxylic acids is 1. The van der Waals surface area contributed by atoms with Crippen LogP contribution < -0.4 is 10.6 Å². The zero-order chi connectivity index (χ0) is 24.2. The molecule has 4 rings (SSSR count). The molecule has 0 spiro atoms. The number of hydrogen-bond donors (Lipinski definition) is 3. The molecule has 2 atom stereocenters. The molecule has 9 nitrogen and oxygen atoms in total. The molecule has 0 saturated heterocycles. The second-order valence-electron chi connectivity index (χ2n) is 8.36. The van der Waals surface area contributed by atoms with Crippen molar-refractivity contribution in [1.82, 2.24) is 20.4 Å². The summed E-state index contributed by atoms with van der Waals surface area (Å²) in [6.07, 6.45) is 2.17. The summed E-state index contributed by atoms with van der Waals surface area (Å²) in [5.41, 5.74) is 4.86. The first-order chi connectivity index (χ1) is 16.3. The molecule has 0 saturated carbocycles. The molecular formula is C25H26N4O5. The molecule has 3 N–H and O–H groups in total. The van der Waals surface area contributed by atoms with E-state index in [1.165, 1.54) is 17.1 Å². The van der Waals surface area contributed by atoms with E-state index in [0.29, 0.717) is 5.56 Å². The smallest absolute Gasteiger partial charge is 0.407 e. The Balaban J connectivity index is 1.30. The largest absolute Gasteiger partial charge is 0.479 e. The van der Waals surface area contributed by atoms with Crippen LogP contribution in [0.2, 0.25) is 0 Å². The van der Waals surface area contributed by atoms with Gasteiger partial charge in [-0.3, -0.25) is 9.48 Å². The third-order valence-corrected chi connectivity index (χ3v) is 5.81. The number of nitrogens with zero attached hydrogens (tertiary/aromatic N) is 2. The fraction of sp³-hybridized carbons (Fsp3) is 0.280. The minimum Gasteiger partial charge on any atom is -0.479 e. The topological polar surface area (TPSA) is 123 Å². The number of aryl methyl sites for hydroxylation is 1. The Morgan fingerprint density at radius 2 is 1.68 bits per heavy atom. The highest BCUT2D eigenvalue weighted by Crippen LogP contribution is 2.44. The van der Waals surface area contributed by atoms with Gasteiger partial charge >= 0.3 is 12.1 Å². The summed E-state index contributed by atoms with van der Waals surface area (Å²) in [6.45, 7) is 1.82. The Hall–Kier alpha value is -4.14. The van der Waals surface area contributed by atoms with Crippen LogP contribution in [0.1, 0.15) is 42.0 Å². The van der Waals surface area contributed by atoms with Gasteiger partial charge in [-0.15, -0.1) is 0 Å². The quantitative estimate of drug-likeness (QED) is 0.473. The number of rotatable bonds is 8. The maximum absolute atomic E-state index is 12.4. The summed E-state index contributed by atoms with van der Waals surface area (Å²) in [5, 5.41) is 18.5. The van der Waals surface area contributed by atoms with E-state index in [1.807, 2.05) is 36.4 Å². The first-order valence-corrected chi connectivity index (χ1v) is 11.0. The van der Waals surface area contributed by atoms with Gasteiger partial charge in [0.05, 0.1) is 6.20 Å². The van der Waals surface area contributed by atoms with E-state index in [0.717, 1.165) is 22.3 Å². The SMILES string of the molecule is C[C@H](CC(=O)NC(C(=O)O)c1cnn(C)c1)NC(=O)OCC1c2ccccc2-c2ccccc21. The lowest BCUT2D eigenvalue weighted by molar-refractivity contribution is -0.142. The number of benzene rings is 2. The van der Waals surface area contributed by atoms with Crippen LogP contribution >= 0.6 is 0 Å². The third-order valence-electron chi connectivity index (χ3n) is 5.81. The van der Waals surface area contributed by atoms with Crippen LogP contribution in [0.3, 0.4) is 0 Å². The number of fused-ring (bicyclic) bond motifs is 3. The van der Waals surface area contributed by atoms with E-state index in [2.05, 4.69) is 27.9 Å². The maximum atomic E-state index is 12.4. The summed E-state index contributed by atoms with van der Waals surface area (Å²) in [7, 11) is 1.66. The van der Waals surface area contributed by atoms with Crippen molar-refractivity contribution in [3.8, 4) is 11.1 Å². The van der Waals surface area contributed by atoms with Gasteiger partial charge in [0.2, 0.25) is 5.91 Å². The zero-order valence-electron chi connectivity index (χ0n) is 18.9. The highest BCUT2D eigenvalue weighted by Gasteiger charge is 2.29. The van der Waals surface area contributed by atoms with Crippen molar-refractivity contribution in [1.29, 1.82) is 0 Å². The van der Waals surface area contributed by atoms with Gasteiger partial charge in [-0.05, 0) is 29.2 Å². The Bertz CT molecular complexity index is 1180. The van der Waals surface area contributed by atoms with Crippen molar-refractivity contribution >= 4 is 18.0 Å². The van der Waals surface area contributed by atoms with Crippen molar-refractivity contribution in [3.63, 3.8) is 0 Å². The monoisotopic (exact) mass is 462 g/mol. The predicted molar refractivity (Wildman–Crippen MR) is 124 cm³/mol. The molecule has 1 aliphatic rings. The first kappa shape index (κ1) is 23.0. The Labute approximate surface area is 196 Å². The van der Waals surface area contributed by atoms with Gasteiger partial charge in [-0.2, -0.15) is 5.10 Å². The van der Waals surface area contributed by atoms with Crippen LogP contribution in [0.4, 0.5) is 4.79 Å². The Morgan fingerprint density at radius 3 is 2.24 bits per heavy atom. The van der Waals surface area contributed by atoms with Crippen molar-refractivity contribution in [2.45, 2.75) is 31.3 Å².